The van der Waals surface area contributed by atoms with E-state index >= 15 is 0 Å². The summed E-state index contributed by atoms with van der Waals surface area (Å²) < 4.78 is 26.8. The van der Waals surface area contributed by atoms with Crippen LogP contribution in [0.1, 0.15) is 34.6 Å². The Labute approximate surface area is 202 Å². The summed E-state index contributed by atoms with van der Waals surface area (Å²) in [5, 5.41) is 8.87. The maximum atomic E-state index is 11.6. The van der Waals surface area contributed by atoms with Gasteiger partial charge in [-0.1, -0.05) is 12.2 Å². The molecule has 2 unspecified atom stereocenters. The van der Waals surface area contributed by atoms with Crippen molar-refractivity contribution in [3.05, 3.63) is 25.3 Å². The molecule has 0 radical (unpaired) electrons. The van der Waals surface area contributed by atoms with Crippen LogP contribution in [0.2, 0.25) is 0 Å². The number of ether oxygens (including phenoxy) is 5. The van der Waals surface area contributed by atoms with Gasteiger partial charge >= 0.3 is 30.8 Å². The van der Waals surface area contributed by atoms with Crippen LogP contribution in [0, 0.1) is 23.7 Å². The Hall–Kier alpha value is -1.18. The molecule has 10 heteroatoms. The summed E-state index contributed by atoms with van der Waals surface area (Å²) in [6, 6.07) is 0. The monoisotopic (exact) mass is 452 g/mol. The maximum Gasteiger partial charge on any atom is 1.00 e. The number of rotatable bonds is 7. The Bertz CT molecular complexity index is 586. The molecule has 180 valence electrons. The van der Waals surface area contributed by atoms with Crippen LogP contribution in [0.3, 0.4) is 0 Å². The number of carbonyl (C=O) groups is 2. The van der Waals surface area contributed by atoms with E-state index in [0.29, 0.717) is 33.0 Å². The third kappa shape index (κ3) is 10.6. The van der Waals surface area contributed by atoms with Crippen molar-refractivity contribution in [3.8, 4) is 0 Å². The average molecular weight is 452 g/mol. The minimum atomic E-state index is -0.878. The van der Waals surface area contributed by atoms with Crippen molar-refractivity contribution in [1.82, 2.24) is 0 Å². The van der Waals surface area contributed by atoms with Crippen LogP contribution in [-0.4, -0.2) is 67.1 Å². The number of carboxylic acids is 1. The molecule has 0 saturated carbocycles. The van der Waals surface area contributed by atoms with Crippen LogP contribution in [-0.2, 0) is 33.3 Å². The van der Waals surface area contributed by atoms with Crippen LogP contribution < -0.4 is 18.9 Å². The van der Waals surface area contributed by atoms with Gasteiger partial charge in [-0.15, -0.1) is 13.2 Å². The van der Waals surface area contributed by atoms with E-state index in [0.717, 1.165) is 0 Å². The molecule has 32 heavy (non-hydrogen) atoms. The molecule has 0 aromatic heterocycles. The number of hydrogen-bond donors (Lipinski definition) is 1. The molecule has 9 nitrogen and oxygen atoms in total. The zero-order chi connectivity index (χ0) is 22.9. The normalized spacial score (nSPS) is 21.8. The van der Waals surface area contributed by atoms with Crippen LogP contribution in [0.4, 0.5) is 0 Å². The quantitative estimate of drug-likeness (QED) is 0.318. The molecule has 0 aromatic carbocycles. The summed E-state index contributed by atoms with van der Waals surface area (Å²) in [6.07, 6.45) is 3.03. The molecule has 2 saturated heterocycles. The van der Waals surface area contributed by atoms with Crippen LogP contribution in [0.15, 0.2) is 25.3 Å². The van der Waals surface area contributed by atoms with E-state index in [1.54, 1.807) is 13.0 Å². The zero-order valence-electron chi connectivity index (χ0n) is 20.2. The topological polar surface area (TPSA) is 131 Å². The Balaban J connectivity index is 0. The Morgan fingerprint density at radius 3 is 1.56 bits per heavy atom. The molecule has 0 amide bonds. The fourth-order valence-corrected chi connectivity index (χ4v) is 3.04. The van der Waals surface area contributed by atoms with Crippen molar-refractivity contribution in [1.29, 1.82) is 0 Å². The second kappa shape index (κ2) is 14.9. The summed E-state index contributed by atoms with van der Waals surface area (Å²) in [5.74, 6) is -3.38. The number of hydrogen-bond acceptors (Lipinski definition) is 8. The Morgan fingerprint density at radius 2 is 1.28 bits per heavy atom. The fourth-order valence-electron chi connectivity index (χ4n) is 3.04. The predicted octanol–water partition coefficient (Wildman–Crippen LogP) is -0.150. The molecule has 0 bridgehead atoms. The van der Waals surface area contributed by atoms with Crippen LogP contribution in [0.25, 0.3) is 0 Å². The van der Waals surface area contributed by atoms with E-state index in [9.17, 15) is 9.59 Å². The molecule has 0 spiro atoms. The summed E-state index contributed by atoms with van der Waals surface area (Å²) in [6.45, 7) is 18.4. The van der Waals surface area contributed by atoms with Crippen molar-refractivity contribution >= 4 is 11.9 Å². The van der Waals surface area contributed by atoms with Gasteiger partial charge in [-0.3, -0.25) is 9.59 Å². The standard InChI is InChI=1S/C12H20O4.C10H16O4.Li.H2O/c1-5-10(11(13)14-6-2)9-7-15-12(3,4)16-8-9;1-4-8(9(11)12)7-5-13-10(2,3)14-6-7;;/h5,9-10H,1,6-8H2,2-4H3;4,7-8H,1,5-6H2,2-3H3,(H,11,12);;1H2/q;;+1;/p-1. The van der Waals surface area contributed by atoms with Gasteiger partial charge < -0.3 is 34.3 Å². The number of carboxylic acid groups (broad SMARTS) is 1. The van der Waals surface area contributed by atoms with Gasteiger partial charge in [0, 0.05) is 11.8 Å². The first-order chi connectivity index (χ1) is 14.0. The van der Waals surface area contributed by atoms with Crippen molar-refractivity contribution < 1.29 is 62.7 Å². The van der Waals surface area contributed by atoms with Crippen molar-refractivity contribution in [2.75, 3.05) is 33.0 Å². The molecule has 2 aliphatic heterocycles. The first kappa shape index (κ1) is 33.0. The Kier molecular flexibility index (Phi) is 15.3. The van der Waals surface area contributed by atoms with Gasteiger partial charge in [0.05, 0.1) is 44.9 Å². The van der Waals surface area contributed by atoms with Gasteiger partial charge in [0.15, 0.2) is 11.6 Å². The van der Waals surface area contributed by atoms with E-state index in [-0.39, 0.29) is 48.1 Å². The zero-order valence-corrected chi connectivity index (χ0v) is 20.2. The molecule has 2 rings (SSSR count). The van der Waals surface area contributed by atoms with Gasteiger partial charge in [-0.2, -0.15) is 0 Å². The first-order valence-corrected chi connectivity index (χ1v) is 10.2. The van der Waals surface area contributed by atoms with Crippen molar-refractivity contribution in [3.63, 3.8) is 0 Å². The van der Waals surface area contributed by atoms with Gasteiger partial charge in [0.1, 0.15) is 0 Å². The van der Waals surface area contributed by atoms with Crippen molar-refractivity contribution in [2.45, 2.75) is 46.2 Å². The largest absolute Gasteiger partial charge is 1.00 e. The smallest absolute Gasteiger partial charge is 0.870 e. The molecule has 2 fully saturated rings. The van der Waals surface area contributed by atoms with Gasteiger partial charge in [-0.25, -0.2) is 0 Å². The maximum absolute atomic E-state index is 11.6. The molecule has 2 heterocycles. The summed E-state index contributed by atoms with van der Waals surface area (Å²) in [5.41, 5.74) is 0. The van der Waals surface area contributed by atoms with E-state index < -0.39 is 23.5 Å². The van der Waals surface area contributed by atoms with Crippen LogP contribution >= 0.6 is 0 Å². The first-order valence-electron chi connectivity index (χ1n) is 10.2. The van der Waals surface area contributed by atoms with Crippen LogP contribution in [0.5, 0.6) is 0 Å². The number of aliphatic carboxylic acids is 1. The number of esters is 1. The number of carbonyl (C=O) groups excluding carboxylic acids is 1. The molecular weight excluding hydrogens is 415 g/mol. The summed E-state index contributed by atoms with van der Waals surface area (Å²) in [7, 11) is 0. The van der Waals surface area contributed by atoms with Gasteiger partial charge in [0.25, 0.3) is 0 Å². The molecule has 2 aliphatic rings. The average Bonchev–Trinajstić information content (AvgIpc) is 2.66. The SMILES string of the molecule is C=CC(C(=O)O)C1COC(C)(C)OC1.C=CC(C(=O)OCC)C1COC(C)(C)OC1.[Li+].[OH-]. The summed E-state index contributed by atoms with van der Waals surface area (Å²) >= 11 is 0. The summed E-state index contributed by atoms with van der Waals surface area (Å²) in [4.78, 5) is 22.4. The van der Waals surface area contributed by atoms with E-state index in [2.05, 4.69) is 13.2 Å². The third-order valence-electron chi connectivity index (χ3n) is 4.95. The molecule has 0 aliphatic carbocycles. The molecule has 2 N–H and O–H groups in total. The van der Waals surface area contributed by atoms with E-state index in [1.807, 2.05) is 27.7 Å². The Morgan fingerprint density at radius 1 is 0.938 bits per heavy atom. The van der Waals surface area contributed by atoms with Gasteiger partial charge in [-0.05, 0) is 34.6 Å². The minimum Gasteiger partial charge on any atom is -0.870 e. The van der Waals surface area contributed by atoms with E-state index in [1.165, 1.54) is 6.08 Å². The second-order valence-corrected chi connectivity index (χ2v) is 8.18. The minimum absolute atomic E-state index is 0. The predicted molar refractivity (Wildman–Crippen MR) is 113 cm³/mol. The molecule has 0 aromatic rings. The van der Waals surface area contributed by atoms with Gasteiger partial charge in [0.2, 0.25) is 0 Å². The molecular formula is C22H37LiO9. The third-order valence-corrected chi connectivity index (χ3v) is 4.95. The van der Waals surface area contributed by atoms with Crippen molar-refractivity contribution in [2.24, 2.45) is 23.7 Å². The molecule has 2 atom stereocenters. The second-order valence-electron chi connectivity index (χ2n) is 8.18. The van der Waals surface area contributed by atoms with E-state index in [4.69, 9.17) is 28.8 Å². The fraction of sp³-hybridized carbons (Fsp3) is 0.727.